The Morgan fingerprint density at radius 1 is 0.354 bits per heavy atom. The molecule has 0 aliphatic heterocycles. The first-order valence-electron chi connectivity index (χ1n) is 27.5. The second-order valence-electron chi connectivity index (χ2n) is 21.0. The first-order chi connectivity index (χ1) is 39.0. The molecule has 1 aromatic heterocycles. The molecule has 376 valence electrons. The summed E-state index contributed by atoms with van der Waals surface area (Å²) in [6.07, 6.45) is 9.17. The van der Waals surface area contributed by atoms with Gasteiger partial charge in [0.15, 0.2) is 0 Å². The number of hydrogen-bond acceptors (Lipinski definition) is 2. The Labute approximate surface area is 463 Å². The lowest BCUT2D eigenvalue weighted by molar-refractivity contribution is 0.649. The van der Waals surface area contributed by atoms with Crippen LogP contribution in [-0.4, -0.2) is 4.57 Å². The summed E-state index contributed by atoms with van der Waals surface area (Å²) >= 11 is 0. The molecule has 2 aliphatic rings. The summed E-state index contributed by atoms with van der Waals surface area (Å²) in [6.45, 7) is 4.31. The van der Waals surface area contributed by atoms with E-state index in [0.29, 0.717) is 0 Å². The van der Waals surface area contributed by atoms with Crippen molar-refractivity contribution >= 4 is 61.5 Å². The van der Waals surface area contributed by atoms with Crippen molar-refractivity contribution in [3.05, 3.63) is 336 Å². The van der Waals surface area contributed by atoms with E-state index in [4.69, 9.17) is 0 Å². The number of hydrogen-bond donors (Lipinski definition) is 0. The van der Waals surface area contributed by atoms with Crippen LogP contribution in [0.1, 0.15) is 39.3 Å². The van der Waals surface area contributed by atoms with Crippen LogP contribution >= 0.6 is 0 Å². The van der Waals surface area contributed by atoms with Crippen LogP contribution in [0.4, 0.5) is 34.1 Å². The maximum Gasteiger partial charge on any atom is 0.0541 e. The number of para-hydroxylation sites is 2. The number of anilines is 6. The van der Waals surface area contributed by atoms with E-state index >= 15 is 0 Å². The number of rotatable bonds is 11. The van der Waals surface area contributed by atoms with E-state index in [1.54, 1.807) is 0 Å². The maximum absolute atomic E-state index is 2.46. The quantitative estimate of drug-likeness (QED) is 0.128. The van der Waals surface area contributed by atoms with Crippen molar-refractivity contribution in [3.63, 3.8) is 0 Å². The van der Waals surface area contributed by atoms with Gasteiger partial charge in [0, 0.05) is 62.4 Å². The smallest absolute Gasteiger partial charge is 0.0541 e. The van der Waals surface area contributed by atoms with E-state index in [2.05, 4.69) is 326 Å². The Kier molecular flexibility index (Phi) is 12.1. The number of benzene rings is 11. The molecule has 0 saturated carbocycles. The van der Waals surface area contributed by atoms with Gasteiger partial charge in [-0.2, -0.15) is 0 Å². The second-order valence-corrected chi connectivity index (χ2v) is 21.0. The van der Waals surface area contributed by atoms with Crippen molar-refractivity contribution in [2.24, 2.45) is 5.92 Å². The lowest BCUT2D eigenvalue weighted by Gasteiger charge is -2.36. The Balaban J connectivity index is 0.878. The van der Waals surface area contributed by atoms with Gasteiger partial charge < -0.3 is 14.4 Å². The Hall–Kier alpha value is -9.96. The summed E-state index contributed by atoms with van der Waals surface area (Å²) in [6, 6.07) is 100. The van der Waals surface area contributed by atoms with Crippen LogP contribution in [0, 0.1) is 19.8 Å². The minimum Gasteiger partial charge on any atom is -0.310 e. The SMILES string of the molecule is Cc1cccc(N(c2ccccc2)c2ccc(-c3ccc4c(c3)c3cc(-c5ccc(N(c6ccccc6)c6cccc(C)c6)cc5)ccc3n4-c3ccc(C4=C5C=CC=CC5C(c5ccccc5)c5ccccc54)cc3)cc2)c1. The zero-order valence-corrected chi connectivity index (χ0v) is 44.3. The maximum atomic E-state index is 2.46. The van der Waals surface area contributed by atoms with Crippen LogP contribution in [0.15, 0.2) is 303 Å². The van der Waals surface area contributed by atoms with E-state index < -0.39 is 0 Å². The molecule has 3 nitrogen and oxygen atoms in total. The van der Waals surface area contributed by atoms with Gasteiger partial charge in [0.05, 0.1) is 11.0 Å². The number of fused-ring (bicyclic) bond motifs is 5. The van der Waals surface area contributed by atoms with Gasteiger partial charge in [0.25, 0.3) is 0 Å². The van der Waals surface area contributed by atoms with Crippen LogP contribution in [0.2, 0.25) is 0 Å². The number of aromatic nitrogens is 1. The highest BCUT2D eigenvalue weighted by molar-refractivity contribution is 6.12. The third kappa shape index (κ3) is 8.76. The molecule has 0 radical (unpaired) electrons. The minimum atomic E-state index is 0.233. The van der Waals surface area contributed by atoms with Gasteiger partial charge in [-0.3, -0.25) is 0 Å². The summed E-state index contributed by atoms with van der Waals surface area (Å²) in [7, 11) is 0. The van der Waals surface area contributed by atoms with Crippen molar-refractivity contribution < 1.29 is 0 Å². The molecular formula is C76H57N3. The summed E-state index contributed by atoms with van der Waals surface area (Å²) in [5.74, 6) is 0.474. The van der Waals surface area contributed by atoms with Crippen LogP contribution in [0.3, 0.4) is 0 Å². The largest absolute Gasteiger partial charge is 0.310 e. The highest BCUT2D eigenvalue weighted by Crippen LogP contribution is 2.50. The van der Waals surface area contributed by atoms with Crippen molar-refractivity contribution in [3.8, 4) is 27.9 Å². The van der Waals surface area contributed by atoms with E-state index in [1.807, 2.05) is 0 Å². The second kappa shape index (κ2) is 20.2. The minimum absolute atomic E-state index is 0.233. The summed E-state index contributed by atoms with van der Waals surface area (Å²) in [5, 5.41) is 2.42. The van der Waals surface area contributed by atoms with E-state index in [0.717, 1.165) is 62.0 Å². The first-order valence-corrected chi connectivity index (χ1v) is 27.5. The van der Waals surface area contributed by atoms with Gasteiger partial charge in [-0.1, -0.05) is 188 Å². The molecule has 0 fully saturated rings. The average molecular weight is 1010 g/mol. The summed E-state index contributed by atoms with van der Waals surface area (Å²) < 4.78 is 2.46. The molecule has 12 aromatic rings. The zero-order valence-electron chi connectivity index (χ0n) is 44.3. The molecule has 2 atom stereocenters. The number of allylic oxidation sites excluding steroid dienone is 5. The van der Waals surface area contributed by atoms with Crippen LogP contribution in [0.25, 0.3) is 55.3 Å². The van der Waals surface area contributed by atoms with E-state index in [-0.39, 0.29) is 11.8 Å². The molecular weight excluding hydrogens is 955 g/mol. The van der Waals surface area contributed by atoms with Crippen molar-refractivity contribution in [2.75, 3.05) is 9.80 Å². The van der Waals surface area contributed by atoms with Crippen LogP contribution in [-0.2, 0) is 0 Å². The predicted molar refractivity (Wildman–Crippen MR) is 333 cm³/mol. The predicted octanol–water partition coefficient (Wildman–Crippen LogP) is 20.4. The van der Waals surface area contributed by atoms with Gasteiger partial charge in [0.2, 0.25) is 0 Å². The van der Waals surface area contributed by atoms with Gasteiger partial charge in [0.1, 0.15) is 0 Å². The number of aryl methyl sites for hydroxylation is 2. The summed E-state index contributed by atoms with van der Waals surface area (Å²) in [4.78, 5) is 4.67. The van der Waals surface area contributed by atoms with E-state index in [1.165, 1.54) is 66.4 Å². The summed E-state index contributed by atoms with van der Waals surface area (Å²) in [5.41, 5.74) is 25.2. The normalized spacial score (nSPS) is 14.6. The Bertz CT molecular complexity index is 4110. The lowest BCUT2D eigenvalue weighted by atomic mass is 9.66. The molecule has 0 saturated heterocycles. The topological polar surface area (TPSA) is 11.4 Å². The molecule has 0 spiro atoms. The molecule has 0 amide bonds. The Morgan fingerprint density at radius 2 is 0.810 bits per heavy atom. The third-order valence-corrected chi connectivity index (χ3v) is 16.1. The van der Waals surface area contributed by atoms with Crippen molar-refractivity contribution in [2.45, 2.75) is 19.8 Å². The van der Waals surface area contributed by atoms with Gasteiger partial charge >= 0.3 is 0 Å². The third-order valence-electron chi connectivity index (χ3n) is 16.1. The molecule has 14 rings (SSSR count). The van der Waals surface area contributed by atoms with Crippen molar-refractivity contribution in [1.29, 1.82) is 0 Å². The van der Waals surface area contributed by atoms with Gasteiger partial charge in [-0.05, 0) is 190 Å². The lowest BCUT2D eigenvalue weighted by Crippen LogP contribution is -2.22. The fourth-order valence-electron chi connectivity index (χ4n) is 12.4. The average Bonchev–Trinajstić information content (AvgIpc) is 3.96. The van der Waals surface area contributed by atoms with Gasteiger partial charge in [-0.15, -0.1) is 0 Å². The zero-order chi connectivity index (χ0) is 52.8. The molecule has 79 heavy (non-hydrogen) atoms. The highest BCUT2D eigenvalue weighted by atomic mass is 15.1. The molecule has 3 heteroatoms. The Morgan fingerprint density at radius 3 is 1.34 bits per heavy atom. The van der Waals surface area contributed by atoms with Crippen molar-refractivity contribution in [1.82, 2.24) is 4.57 Å². The first kappa shape index (κ1) is 47.5. The van der Waals surface area contributed by atoms with Gasteiger partial charge in [-0.25, -0.2) is 0 Å². The molecule has 1 heterocycles. The number of nitrogens with zero attached hydrogens (tertiary/aromatic N) is 3. The molecule has 2 aliphatic carbocycles. The fourth-order valence-corrected chi connectivity index (χ4v) is 12.4. The molecule has 0 bridgehead atoms. The molecule has 2 unspecified atom stereocenters. The van der Waals surface area contributed by atoms with Crippen LogP contribution in [0.5, 0.6) is 0 Å². The van der Waals surface area contributed by atoms with Crippen LogP contribution < -0.4 is 9.80 Å². The van der Waals surface area contributed by atoms with E-state index in [9.17, 15) is 0 Å². The standard InChI is InChI=1S/C76H57N3/c1-52-18-16-26-65(48-52)77(60-22-8-4-9-23-60)62-40-32-54(33-41-62)58-38-46-73-71(50-58)72-51-59(55-34-42-63(43-35-55)78(61-24-10-5-11-25-61)66-27-17-19-53(2)49-66)39-47-74(72)79(73)64-44-36-57(37-45-64)76-69-30-14-12-28-67(69)75(56-20-6-3-7-21-56)68-29-13-15-31-70(68)76/h3-51,67,75H,1-2H3. The highest BCUT2D eigenvalue weighted by Gasteiger charge is 2.35. The molecule has 11 aromatic carbocycles. The fraction of sp³-hybridized carbons (Fsp3) is 0.0526. The monoisotopic (exact) mass is 1010 g/mol. The molecule has 0 N–H and O–H groups in total.